The van der Waals surface area contributed by atoms with Gasteiger partial charge in [0.15, 0.2) is 0 Å². The summed E-state index contributed by atoms with van der Waals surface area (Å²) in [6, 6.07) is 3.69. The SMILES string of the molecule is CC[S@@](=O)c1cc(OC)c(C[C@H](C)N)cc1OC. The first-order valence-corrected chi connectivity index (χ1v) is 7.24. The highest BCUT2D eigenvalue weighted by molar-refractivity contribution is 7.85. The monoisotopic (exact) mass is 271 g/mol. The van der Waals surface area contributed by atoms with Gasteiger partial charge in [-0.25, -0.2) is 0 Å². The summed E-state index contributed by atoms with van der Waals surface area (Å²) >= 11 is 0. The third kappa shape index (κ3) is 3.46. The molecule has 0 aliphatic carbocycles. The smallest absolute Gasteiger partial charge is 0.135 e. The molecule has 4 nitrogen and oxygen atoms in total. The van der Waals surface area contributed by atoms with Crippen LogP contribution in [-0.4, -0.2) is 30.2 Å². The van der Waals surface area contributed by atoms with E-state index in [1.54, 1.807) is 20.3 Å². The summed E-state index contributed by atoms with van der Waals surface area (Å²) in [6.45, 7) is 3.81. The fourth-order valence-corrected chi connectivity index (χ4v) is 2.69. The lowest BCUT2D eigenvalue weighted by Gasteiger charge is -2.15. The summed E-state index contributed by atoms with van der Waals surface area (Å²) < 4.78 is 22.6. The van der Waals surface area contributed by atoms with Gasteiger partial charge in [0.2, 0.25) is 0 Å². The molecule has 0 aromatic heterocycles. The predicted octanol–water partition coefficient (Wildman–Crippen LogP) is 1.72. The summed E-state index contributed by atoms with van der Waals surface area (Å²) in [4.78, 5) is 0.672. The number of nitrogens with two attached hydrogens (primary N) is 1. The van der Waals surface area contributed by atoms with Crippen LogP contribution in [0.3, 0.4) is 0 Å². The summed E-state index contributed by atoms with van der Waals surface area (Å²) in [7, 11) is 2.11. The molecule has 0 radical (unpaired) electrons. The van der Waals surface area contributed by atoms with Crippen LogP contribution in [0.4, 0.5) is 0 Å². The van der Waals surface area contributed by atoms with Gasteiger partial charge in [0.05, 0.1) is 29.9 Å². The molecule has 0 saturated carbocycles. The van der Waals surface area contributed by atoms with Crippen LogP contribution in [0.15, 0.2) is 17.0 Å². The highest BCUT2D eigenvalue weighted by Crippen LogP contribution is 2.31. The van der Waals surface area contributed by atoms with E-state index in [4.69, 9.17) is 15.2 Å². The second kappa shape index (κ2) is 6.75. The van der Waals surface area contributed by atoms with Gasteiger partial charge in [-0.2, -0.15) is 0 Å². The Morgan fingerprint density at radius 1 is 1.28 bits per heavy atom. The Kier molecular flexibility index (Phi) is 5.62. The molecule has 0 unspecified atom stereocenters. The van der Waals surface area contributed by atoms with Crippen molar-refractivity contribution in [2.24, 2.45) is 5.73 Å². The third-order valence-electron chi connectivity index (χ3n) is 2.62. The van der Waals surface area contributed by atoms with Crippen molar-refractivity contribution in [3.05, 3.63) is 17.7 Å². The minimum absolute atomic E-state index is 0.0335. The van der Waals surface area contributed by atoms with Gasteiger partial charge in [-0.15, -0.1) is 0 Å². The first-order valence-electron chi connectivity index (χ1n) is 5.92. The Bertz CT molecular complexity index is 432. The predicted molar refractivity (Wildman–Crippen MR) is 73.8 cm³/mol. The molecule has 0 spiro atoms. The summed E-state index contributed by atoms with van der Waals surface area (Å²) in [5, 5.41) is 0. The van der Waals surface area contributed by atoms with Crippen molar-refractivity contribution < 1.29 is 13.7 Å². The molecule has 2 N–H and O–H groups in total. The van der Waals surface area contributed by atoms with Crippen LogP contribution in [0.25, 0.3) is 0 Å². The summed E-state index contributed by atoms with van der Waals surface area (Å²) in [6.07, 6.45) is 0.693. The lowest BCUT2D eigenvalue weighted by Crippen LogP contribution is -2.18. The van der Waals surface area contributed by atoms with Gasteiger partial charge < -0.3 is 15.2 Å². The molecule has 18 heavy (non-hydrogen) atoms. The van der Waals surface area contributed by atoms with E-state index in [1.807, 2.05) is 19.9 Å². The van der Waals surface area contributed by atoms with Gasteiger partial charge in [0.25, 0.3) is 0 Å². The van der Waals surface area contributed by atoms with Crippen molar-refractivity contribution in [3.63, 3.8) is 0 Å². The van der Waals surface area contributed by atoms with Gasteiger partial charge in [0.1, 0.15) is 11.5 Å². The van der Waals surface area contributed by atoms with Crippen molar-refractivity contribution >= 4 is 10.8 Å². The summed E-state index contributed by atoms with van der Waals surface area (Å²) in [5.41, 5.74) is 6.78. The first kappa shape index (κ1) is 15.0. The molecule has 2 atom stereocenters. The van der Waals surface area contributed by atoms with Crippen LogP contribution < -0.4 is 15.2 Å². The maximum atomic E-state index is 11.9. The van der Waals surface area contributed by atoms with Crippen molar-refractivity contribution in [1.82, 2.24) is 0 Å². The zero-order valence-electron chi connectivity index (χ0n) is 11.4. The molecule has 0 bridgehead atoms. The van der Waals surface area contributed by atoms with Gasteiger partial charge >= 0.3 is 0 Å². The van der Waals surface area contributed by atoms with Gasteiger partial charge in [-0.05, 0) is 25.0 Å². The number of methoxy groups -OCH3 is 2. The van der Waals surface area contributed by atoms with Crippen LogP contribution in [0, 0.1) is 0 Å². The molecule has 0 aliphatic heterocycles. The second-order valence-electron chi connectivity index (χ2n) is 4.13. The van der Waals surface area contributed by atoms with Crippen LogP contribution in [0.2, 0.25) is 0 Å². The number of benzene rings is 1. The van der Waals surface area contributed by atoms with Crippen LogP contribution in [-0.2, 0) is 17.2 Å². The zero-order valence-corrected chi connectivity index (χ0v) is 12.2. The number of ether oxygens (including phenoxy) is 2. The van der Waals surface area contributed by atoms with Crippen LogP contribution in [0.1, 0.15) is 19.4 Å². The third-order valence-corrected chi connectivity index (χ3v) is 3.95. The normalized spacial score (nSPS) is 14.1. The van der Waals surface area contributed by atoms with Crippen LogP contribution >= 0.6 is 0 Å². The van der Waals surface area contributed by atoms with E-state index in [9.17, 15) is 4.21 Å². The quantitative estimate of drug-likeness (QED) is 0.856. The largest absolute Gasteiger partial charge is 0.496 e. The lowest BCUT2D eigenvalue weighted by atomic mass is 10.1. The van der Waals surface area contributed by atoms with Crippen molar-refractivity contribution in [2.45, 2.75) is 31.2 Å². The Morgan fingerprint density at radius 3 is 2.33 bits per heavy atom. The van der Waals surface area contributed by atoms with E-state index in [0.29, 0.717) is 28.6 Å². The van der Waals surface area contributed by atoms with E-state index in [0.717, 1.165) is 5.56 Å². The maximum Gasteiger partial charge on any atom is 0.135 e. The highest BCUT2D eigenvalue weighted by atomic mass is 32.2. The maximum absolute atomic E-state index is 11.9. The number of hydrogen-bond donors (Lipinski definition) is 1. The molecule has 0 heterocycles. The minimum Gasteiger partial charge on any atom is -0.496 e. The molecule has 0 aliphatic rings. The Labute approximate surface area is 111 Å². The van der Waals surface area contributed by atoms with Crippen molar-refractivity contribution in [2.75, 3.05) is 20.0 Å². The molecule has 1 aromatic carbocycles. The average molecular weight is 271 g/mol. The van der Waals surface area contributed by atoms with E-state index >= 15 is 0 Å². The Hall–Kier alpha value is -1.07. The molecule has 1 rings (SSSR count). The fourth-order valence-electron chi connectivity index (χ4n) is 1.77. The molecule has 0 fully saturated rings. The molecular formula is C13H21NO3S. The zero-order chi connectivity index (χ0) is 13.7. The van der Waals surface area contributed by atoms with Gasteiger partial charge in [-0.1, -0.05) is 6.92 Å². The second-order valence-corrected chi connectivity index (χ2v) is 5.84. The van der Waals surface area contributed by atoms with Crippen molar-refractivity contribution in [1.29, 1.82) is 0 Å². The fraction of sp³-hybridized carbons (Fsp3) is 0.538. The molecule has 1 aromatic rings. The van der Waals surface area contributed by atoms with E-state index in [1.165, 1.54) is 0 Å². The molecular weight excluding hydrogens is 250 g/mol. The number of rotatable bonds is 6. The lowest BCUT2D eigenvalue weighted by molar-refractivity contribution is 0.389. The van der Waals surface area contributed by atoms with Crippen LogP contribution in [0.5, 0.6) is 11.5 Å². The van der Waals surface area contributed by atoms with Crippen molar-refractivity contribution in [3.8, 4) is 11.5 Å². The minimum atomic E-state index is -1.07. The first-order chi connectivity index (χ1) is 8.53. The standard InChI is InChI=1S/C13H21NO3S/c1-5-18(15)13-8-11(16-3)10(6-9(2)14)7-12(13)17-4/h7-9H,5-6,14H2,1-4H3/t9-,18+/m0/s1. The number of hydrogen-bond acceptors (Lipinski definition) is 4. The van der Waals surface area contributed by atoms with E-state index in [2.05, 4.69) is 0 Å². The average Bonchev–Trinajstić information content (AvgIpc) is 2.36. The topological polar surface area (TPSA) is 61.5 Å². The van der Waals surface area contributed by atoms with E-state index in [-0.39, 0.29) is 6.04 Å². The Morgan fingerprint density at radius 2 is 1.89 bits per heavy atom. The molecule has 0 amide bonds. The molecule has 0 saturated heterocycles. The van der Waals surface area contributed by atoms with Gasteiger partial charge in [0, 0.05) is 17.9 Å². The Balaban J connectivity index is 3.27. The van der Waals surface area contributed by atoms with Gasteiger partial charge in [-0.3, -0.25) is 4.21 Å². The molecule has 5 heteroatoms. The van der Waals surface area contributed by atoms with E-state index < -0.39 is 10.8 Å². The molecule has 102 valence electrons. The summed E-state index contributed by atoms with van der Waals surface area (Å²) in [5.74, 6) is 1.89. The highest BCUT2D eigenvalue weighted by Gasteiger charge is 2.15.